The van der Waals surface area contributed by atoms with E-state index >= 15 is 0 Å². The van der Waals surface area contributed by atoms with Crippen LogP contribution in [0.15, 0.2) is 24.3 Å². The van der Waals surface area contributed by atoms with Crippen molar-refractivity contribution in [2.75, 3.05) is 20.1 Å². The van der Waals surface area contributed by atoms with Crippen molar-refractivity contribution in [3.63, 3.8) is 0 Å². The third-order valence-corrected chi connectivity index (χ3v) is 3.87. The second-order valence-corrected chi connectivity index (χ2v) is 5.07. The minimum atomic E-state index is -4.27. The molecule has 0 amide bonds. The Morgan fingerprint density at radius 2 is 2.11 bits per heavy atom. The maximum Gasteiger partial charge on any atom is 0.416 e. The lowest BCUT2D eigenvalue weighted by atomic mass is 10.0. The van der Waals surface area contributed by atoms with Crippen molar-refractivity contribution in [3.8, 4) is 0 Å². The molecule has 1 aliphatic heterocycles. The number of hydrogen-bond acceptors (Lipinski definition) is 2. The maximum atomic E-state index is 12.7. The number of halogens is 3. The normalized spacial score (nSPS) is 22.7. The van der Waals surface area contributed by atoms with Crippen LogP contribution in [0.2, 0.25) is 0 Å². The zero-order valence-electron chi connectivity index (χ0n) is 11.2. The monoisotopic (exact) mass is 272 g/mol. The van der Waals surface area contributed by atoms with Crippen molar-refractivity contribution >= 4 is 0 Å². The summed E-state index contributed by atoms with van der Waals surface area (Å²) >= 11 is 0. The van der Waals surface area contributed by atoms with Crippen molar-refractivity contribution in [3.05, 3.63) is 35.4 Å². The second kappa shape index (κ2) is 5.51. The molecule has 2 rings (SSSR count). The molecule has 1 heterocycles. The first-order chi connectivity index (χ1) is 8.91. The van der Waals surface area contributed by atoms with Gasteiger partial charge in [0, 0.05) is 25.2 Å². The van der Waals surface area contributed by atoms with Crippen LogP contribution in [0.1, 0.15) is 30.5 Å². The Balaban J connectivity index is 2.13. The lowest BCUT2D eigenvalue weighted by Gasteiger charge is -2.25. The molecule has 0 saturated carbocycles. The van der Waals surface area contributed by atoms with Gasteiger partial charge >= 0.3 is 6.18 Å². The fraction of sp³-hybridized carbons (Fsp3) is 0.571. The van der Waals surface area contributed by atoms with Gasteiger partial charge in [-0.2, -0.15) is 13.2 Å². The molecule has 5 heteroatoms. The number of benzene rings is 1. The highest BCUT2D eigenvalue weighted by atomic mass is 19.4. The molecule has 1 N–H and O–H groups in total. The van der Waals surface area contributed by atoms with E-state index in [0.29, 0.717) is 6.04 Å². The summed E-state index contributed by atoms with van der Waals surface area (Å²) in [5, 5.41) is 3.21. The Bertz CT molecular complexity index is 431. The van der Waals surface area contributed by atoms with Gasteiger partial charge < -0.3 is 5.32 Å². The van der Waals surface area contributed by atoms with E-state index in [9.17, 15) is 13.2 Å². The Labute approximate surface area is 111 Å². The lowest BCUT2D eigenvalue weighted by molar-refractivity contribution is -0.137. The predicted octanol–water partition coefficient (Wildman–Crippen LogP) is 3.06. The first kappa shape index (κ1) is 14.3. The Morgan fingerprint density at radius 1 is 1.37 bits per heavy atom. The molecule has 1 aromatic carbocycles. The predicted molar refractivity (Wildman–Crippen MR) is 68.9 cm³/mol. The summed E-state index contributed by atoms with van der Waals surface area (Å²) in [6.07, 6.45) is -3.23. The smallest absolute Gasteiger partial charge is 0.316 e. The van der Waals surface area contributed by atoms with Crippen LogP contribution in [-0.2, 0) is 6.18 Å². The van der Waals surface area contributed by atoms with Gasteiger partial charge in [0.2, 0.25) is 0 Å². The van der Waals surface area contributed by atoms with Crippen LogP contribution in [0.5, 0.6) is 0 Å². The van der Waals surface area contributed by atoms with Crippen LogP contribution in [0.4, 0.5) is 13.2 Å². The molecule has 1 saturated heterocycles. The Hall–Kier alpha value is -1.07. The van der Waals surface area contributed by atoms with E-state index in [2.05, 4.69) is 10.2 Å². The molecule has 0 aliphatic carbocycles. The van der Waals surface area contributed by atoms with Crippen LogP contribution in [-0.4, -0.2) is 31.1 Å². The minimum Gasteiger partial charge on any atom is -0.316 e. The molecule has 2 atom stereocenters. The van der Waals surface area contributed by atoms with Gasteiger partial charge in [0.15, 0.2) is 0 Å². The SMILES string of the molecule is CNC1CCN(C(C)c2cccc(C(F)(F)F)c2)C1. The topological polar surface area (TPSA) is 15.3 Å². The van der Waals surface area contributed by atoms with Crippen LogP contribution in [0.25, 0.3) is 0 Å². The third kappa shape index (κ3) is 3.28. The van der Waals surface area contributed by atoms with Crippen molar-refractivity contribution < 1.29 is 13.2 Å². The molecule has 0 bridgehead atoms. The number of hydrogen-bond donors (Lipinski definition) is 1. The fourth-order valence-electron chi connectivity index (χ4n) is 2.56. The highest BCUT2D eigenvalue weighted by molar-refractivity contribution is 5.28. The summed E-state index contributed by atoms with van der Waals surface area (Å²) in [7, 11) is 1.92. The summed E-state index contributed by atoms with van der Waals surface area (Å²) in [5.74, 6) is 0. The molecule has 0 radical (unpaired) electrons. The first-order valence-corrected chi connectivity index (χ1v) is 6.50. The van der Waals surface area contributed by atoms with E-state index in [1.165, 1.54) is 12.1 Å². The van der Waals surface area contributed by atoms with Crippen molar-refractivity contribution in [1.29, 1.82) is 0 Å². The number of nitrogens with zero attached hydrogens (tertiary/aromatic N) is 1. The number of alkyl halides is 3. The molecule has 19 heavy (non-hydrogen) atoms. The van der Waals surface area contributed by atoms with E-state index < -0.39 is 11.7 Å². The summed E-state index contributed by atoms with van der Waals surface area (Å²) in [6.45, 7) is 3.77. The molecule has 0 spiro atoms. The summed E-state index contributed by atoms with van der Waals surface area (Å²) < 4.78 is 38.1. The number of likely N-dealkylation sites (tertiary alicyclic amines) is 1. The Kier molecular flexibility index (Phi) is 4.16. The summed E-state index contributed by atoms with van der Waals surface area (Å²) in [4.78, 5) is 2.22. The van der Waals surface area contributed by atoms with Gasteiger partial charge in [-0.3, -0.25) is 4.90 Å². The van der Waals surface area contributed by atoms with E-state index in [4.69, 9.17) is 0 Å². The molecule has 106 valence electrons. The van der Waals surface area contributed by atoms with Crippen LogP contribution >= 0.6 is 0 Å². The molecule has 2 unspecified atom stereocenters. The van der Waals surface area contributed by atoms with E-state index in [1.807, 2.05) is 14.0 Å². The molecule has 1 fully saturated rings. The van der Waals surface area contributed by atoms with Crippen molar-refractivity contribution in [1.82, 2.24) is 10.2 Å². The van der Waals surface area contributed by atoms with Gasteiger partial charge in [-0.05, 0) is 38.1 Å². The first-order valence-electron chi connectivity index (χ1n) is 6.50. The zero-order valence-corrected chi connectivity index (χ0v) is 11.2. The van der Waals surface area contributed by atoms with Crippen LogP contribution in [0.3, 0.4) is 0 Å². The molecule has 2 nitrogen and oxygen atoms in total. The maximum absolute atomic E-state index is 12.7. The molecular weight excluding hydrogens is 253 g/mol. The average molecular weight is 272 g/mol. The van der Waals surface area contributed by atoms with Gasteiger partial charge in [-0.25, -0.2) is 0 Å². The van der Waals surface area contributed by atoms with Gasteiger partial charge in [0.05, 0.1) is 5.56 Å². The van der Waals surface area contributed by atoms with Crippen LogP contribution < -0.4 is 5.32 Å². The fourth-order valence-corrected chi connectivity index (χ4v) is 2.56. The minimum absolute atomic E-state index is 0.0145. The highest BCUT2D eigenvalue weighted by Gasteiger charge is 2.32. The van der Waals surface area contributed by atoms with Gasteiger partial charge in [-0.15, -0.1) is 0 Å². The summed E-state index contributed by atoms with van der Waals surface area (Å²) in [5.41, 5.74) is 0.160. The second-order valence-electron chi connectivity index (χ2n) is 5.07. The summed E-state index contributed by atoms with van der Waals surface area (Å²) in [6, 6.07) is 6.09. The Morgan fingerprint density at radius 3 is 2.68 bits per heavy atom. The number of likely N-dealkylation sites (N-methyl/N-ethyl adjacent to an activating group) is 1. The van der Waals surface area contributed by atoms with Gasteiger partial charge in [0.1, 0.15) is 0 Å². The molecule has 1 aromatic rings. The zero-order chi connectivity index (χ0) is 14.0. The van der Waals surface area contributed by atoms with E-state index in [0.717, 1.165) is 31.1 Å². The number of nitrogens with one attached hydrogen (secondary N) is 1. The van der Waals surface area contributed by atoms with E-state index in [1.54, 1.807) is 6.07 Å². The van der Waals surface area contributed by atoms with Gasteiger partial charge in [0.25, 0.3) is 0 Å². The molecule has 0 aromatic heterocycles. The third-order valence-electron chi connectivity index (χ3n) is 3.87. The average Bonchev–Trinajstić information content (AvgIpc) is 2.86. The van der Waals surface area contributed by atoms with Crippen LogP contribution in [0, 0.1) is 0 Å². The largest absolute Gasteiger partial charge is 0.416 e. The van der Waals surface area contributed by atoms with Crippen molar-refractivity contribution in [2.24, 2.45) is 0 Å². The van der Waals surface area contributed by atoms with Gasteiger partial charge in [-0.1, -0.05) is 12.1 Å². The quantitative estimate of drug-likeness (QED) is 0.909. The molecular formula is C14H19F3N2. The standard InChI is InChI=1S/C14H19F3N2/c1-10(19-7-6-13(9-19)18-2)11-4-3-5-12(8-11)14(15,16)17/h3-5,8,10,13,18H,6-7,9H2,1-2H3. The number of rotatable bonds is 3. The lowest BCUT2D eigenvalue weighted by Crippen LogP contribution is -2.31. The van der Waals surface area contributed by atoms with E-state index in [-0.39, 0.29) is 6.04 Å². The van der Waals surface area contributed by atoms with Crippen molar-refractivity contribution in [2.45, 2.75) is 31.6 Å². The highest BCUT2D eigenvalue weighted by Crippen LogP contribution is 2.32. The molecule has 1 aliphatic rings.